The molecule has 0 saturated carbocycles. The Hall–Kier alpha value is 0.360. The normalized spacial score (nSPS) is 15.1. The van der Waals surface area contributed by atoms with Gasteiger partial charge in [-0.3, -0.25) is 0 Å². The molecule has 2 nitrogen and oxygen atoms in total. The Morgan fingerprint density at radius 3 is 2.40 bits per heavy atom. The Labute approximate surface area is 69.2 Å². The minimum absolute atomic E-state index is 0.259. The fourth-order valence-corrected chi connectivity index (χ4v) is 1.37. The Kier molecular flexibility index (Phi) is 4.44. The van der Waals surface area contributed by atoms with Gasteiger partial charge in [0.2, 0.25) is 0 Å². The van der Waals surface area contributed by atoms with Crippen molar-refractivity contribution in [1.29, 1.82) is 0 Å². The zero-order valence-electron chi connectivity index (χ0n) is 5.68. The summed E-state index contributed by atoms with van der Waals surface area (Å²) in [7, 11) is -4.24. The van der Waals surface area contributed by atoms with Crippen LogP contribution in [-0.4, -0.2) is 19.0 Å². The molecule has 0 aliphatic carbocycles. The van der Waals surface area contributed by atoms with E-state index in [1.54, 1.807) is 0 Å². The van der Waals surface area contributed by atoms with Gasteiger partial charge < -0.3 is 0 Å². The molecule has 0 heterocycles. The molecule has 0 rings (SSSR count). The average molecular weight is 233 g/mol. The summed E-state index contributed by atoms with van der Waals surface area (Å²) in [4.78, 5) is 0.259. The smallest absolute Gasteiger partial charge is 0.195 e. The van der Waals surface area contributed by atoms with E-state index in [1.807, 2.05) is 6.92 Å². The minimum atomic E-state index is -4.24. The van der Waals surface area contributed by atoms with E-state index in [0.717, 1.165) is 0 Å². The molecule has 1 unspecified atom stereocenters. The van der Waals surface area contributed by atoms with E-state index in [2.05, 4.69) is 15.9 Å². The van der Waals surface area contributed by atoms with Gasteiger partial charge in [0, 0.05) is 4.83 Å². The number of rotatable bonds is 4. The molecule has 0 radical (unpaired) electrons. The minimum Gasteiger partial charge on any atom is -0.195 e. The molecule has 0 N–H and O–H groups in total. The Morgan fingerprint density at radius 2 is 2.10 bits per heavy atom. The van der Waals surface area contributed by atoms with Crippen LogP contribution in [0.5, 0.6) is 0 Å². The first-order valence-corrected chi connectivity index (χ1v) is 5.45. The van der Waals surface area contributed by atoms with Crippen LogP contribution in [0, 0.1) is 0 Å². The highest BCUT2D eigenvalue weighted by molar-refractivity contribution is 9.09. The third kappa shape index (κ3) is 8.36. The third-order valence-corrected chi connectivity index (χ3v) is 2.22. The van der Waals surface area contributed by atoms with E-state index in [1.165, 1.54) is 0 Å². The molecule has 0 aromatic rings. The van der Waals surface area contributed by atoms with Crippen LogP contribution in [0.15, 0.2) is 0 Å². The van der Waals surface area contributed by atoms with Crippen molar-refractivity contribution in [2.45, 2.75) is 24.6 Å². The van der Waals surface area contributed by atoms with E-state index in [0.29, 0.717) is 12.8 Å². The molecule has 0 aromatic carbocycles. The third-order valence-electron chi connectivity index (χ3n) is 0.990. The predicted octanol–water partition coefficient (Wildman–Crippen LogP) is 1.85. The van der Waals surface area contributed by atoms with Crippen molar-refractivity contribution in [3.8, 4) is 0 Å². The topological polar surface area (TPSA) is 34.1 Å². The van der Waals surface area contributed by atoms with Crippen molar-refractivity contribution in [2.75, 3.05) is 5.75 Å². The van der Waals surface area contributed by atoms with Crippen molar-refractivity contribution in [3.63, 3.8) is 0 Å². The van der Waals surface area contributed by atoms with Crippen molar-refractivity contribution in [2.24, 2.45) is 0 Å². The SMILES string of the molecule is CC(Br)CCCS(=O)(=O)F. The lowest BCUT2D eigenvalue weighted by Crippen LogP contribution is -2.00. The summed E-state index contributed by atoms with van der Waals surface area (Å²) in [6.45, 7) is 1.89. The fraction of sp³-hybridized carbons (Fsp3) is 1.00. The molecule has 0 aliphatic rings. The first-order chi connectivity index (χ1) is 4.42. The van der Waals surface area contributed by atoms with Crippen LogP contribution < -0.4 is 0 Å². The highest BCUT2D eigenvalue weighted by atomic mass is 79.9. The summed E-state index contributed by atoms with van der Waals surface area (Å²) < 4.78 is 31.7. The molecule has 0 fully saturated rings. The summed E-state index contributed by atoms with van der Waals surface area (Å²) in [5.41, 5.74) is 0. The van der Waals surface area contributed by atoms with Gasteiger partial charge in [0.1, 0.15) is 0 Å². The quantitative estimate of drug-likeness (QED) is 0.548. The summed E-state index contributed by atoms with van der Waals surface area (Å²) in [5, 5.41) is 0. The molecule has 0 amide bonds. The maximum absolute atomic E-state index is 11.8. The molecular formula is C5H10BrFO2S. The summed E-state index contributed by atoms with van der Waals surface area (Å²) in [5.74, 6) is -0.358. The van der Waals surface area contributed by atoms with E-state index in [4.69, 9.17) is 0 Å². The van der Waals surface area contributed by atoms with Gasteiger partial charge in [-0.15, -0.1) is 3.89 Å². The zero-order chi connectivity index (χ0) is 8.20. The van der Waals surface area contributed by atoms with Gasteiger partial charge in [0.25, 0.3) is 0 Å². The Bertz CT molecular complexity index is 176. The maximum Gasteiger partial charge on any atom is 0.302 e. The molecule has 0 spiro atoms. The van der Waals surface area contributed by atoms with Crippen LogP contribution in [0.3, 0.4) is 0 Å². The van der Waals surface area contributed by atoms with E-state index in [-0.39, 0.29) is 10.6 Å². The standard InChI is InChI=1S/C5H10BrFO2S/c1-5(6)3-2-4-10(7,8)9/h5H,2-4H2,1H3. The zero-order valence-corrected chi connectivity index (χ0v) is 8.08. The largest absolute Gasteiger partial charge is 0.302 e. The van der Waals surface area contributed by atoms with Gasteiger partial charge in [-0.25, -0.2) is 0 Å². The molecule has 5 heteroatoms. The second kappa shape index (κ2) is 4.28. The van der Waals surface area contributed by atoms with Gasteiger partial charge in [-0.2, -0.15) is 8.42 Å². The van der Waals surface area contributed by atoms with Crippen LogP contribution in [0.2, 0.25) is 0 Å². The van der Waals surface area contributed by atoms with Crippen LogP contribution in [0.1, 0.15) is 19.8 Å². The summed E-state index contributed by atoms with van der Waals surface area (Å²) >= 11 is 3.22. The molecule has 1 atom stereocenters. The Morgan fingerprint density at radius 1 is 1.60 bits per heavy atom. The monoisotopic (exact) mass is 232 g/mol. The van der Waals surface area contributed by atoms with Gasteiger partial charge in [0.05, 0.1) is 5.75 Å². The lowest BCUT2D eigenvalue weighted by molar-refractivity contribution is 0.548. The van der Waals surface area contributed by atoms with E-state index in [9.17, 15) is 12.3 Å². The molecule has 0 aliphatic heterocycles. The van der Waals surface area contributed by atoms with Gasteiger partial charge in [-0.05, 0) is 12.8 Å². The van der Waals surface area contributed by atoms with Crippen molar-refractivity contribution >= 4 is 26.2 Å². The first-order valence-electron chi connectivity index (χ1n) is 2.98. The second-order valence-corrected chi connectivity index (χ2v) is 5.22. The molecular weight excluding hydrogens is 223 g/mol. The molecule has 0 saturated heterocycles. The number of halogens is 2. The Balaban J connectivity index is 3.39. The summed E-state index contributed by atoms with van der Waals surface area (Å²) in [6, 6.07) is 0. The molecule has 62 valence electrons. The lowest BCUT2D eigenvalue weighted by Gasteiger charge is -1.98. The van der Waals surface area contributed by atoms with Crippen molar-refractivity contribution < 1.29 is 12.3 Å². The van der Waals surface area contributed by atoms with Crippen molar-refractivity contribution in [3.05, 3.63) is 0 Å². The predicted molar refractivity (Wildman–Crippen MR) is 42.5 cm³/mol. The van der Waals surface area contributed by atoms with Gasteiger partial charge in [0.15, 0.2) is 0 Å². The van der Waals surface area contributed by atoms with Gasteiger partial charge >= 0.3 is 10.2 Å². The first kappa shape index (κ1) is 10.4. The van der Waals surface area contributed by atoms with Crippen LogP contribution in [-0.2, 0) is 10.2 Å². The molecule has 0 bridgehead atoms. The van der Waals surface area contributed by atoms with Gasteiger partial charge in [-0.1, -0.05) is 22.9 Å². The number of alkyl halides is 1. The van der Waals surface area contributed by atoms with Crippen molar-refractivity contribution in [1.82, 2.24) is 0 Å². The second-order valence-electron chi connectivity index (χ2n) is 2.17. The highest BCUT2D eigenvalue weighted by Gasteiger charge is 2.06. The van der Waals surface area contributed by atoms with Crippen LogP contribution in [0.4, 0.5) is 3.89 Å². The number of hydrogen-bond donors (Lipinski definition) is 0. The van der Waals surface area contributed by atoms with E-state index >= 15 is 0 Å². The number of hydrogen-bond acceptors (Lipinski definition) is 2. The molecule has 0 aromatic heterocycles. The van der Waals surface area contributed by atoms with Crippen LogP contribution in [0.25, 0.3) is 0 Å². The van der Waals surface area contributed by atoms with Crippen LogP contribution >= 0.6 is 15.9 Å². The lowest BCUT2D eigenvalue weighted by atomic mass is 10.3. The molecule has 10 heavy (non-hydrogen) atoms. The maximum atomic E-state index is 11.8. The van der Waals surface area contributed by atoms with E-state index < -0.39 is 10.2 Å². The highest BCUT2D eigenvalue weighted by Crippen LogP contribution is 2.07. The fourth-order valence-electron chi connectivity index (χ4n) is 0.537. The average Bonchev–Trinajstić information content (AvgIpc) is 1.59. The summed E-state index contributed by atoms with van der Waals surface area (Å²) in [6.07, 6.45) is 1.06.